The van der Waals surface area contributed by atoms with Gasteiger partial charge in [-0.3, -0.25) is 4.79 Å². The molecule has 1 aliphatic rings. The molecule has 1 fully saturated rings. The number of halogens is 2. The molecule has 0 spiro atoms. The second-order valence-electron chi connectivity index (χ2n) is 7.18. The number of hydrogen-bond donors (Lipinski definition) is 1. The van der Waals surface area contributed by atoms with Gasteiger partial charge in [0.25, 0.3) is 0 Å². The lowest BCUT2D eigenvalue weighted by Gasteiger charge is -2.31. The number of anilines is 2. The molecule has 1 heterocycles. The van der Waals surface area contributed by atoms with Gasteiger partial charge in [-0.15, -0.1) is 0 Å². The lowest BCUT2D eigenvalue weighted by atomic mass is 9.98. The maximum Gasteiger partial charge on any atom is 0.243 e. The third kappa shape index (κ3) is 4.71. The van der Waals surface area contributed by atoms with Crippen LogP contribution in [0.3, 0.4) is 0 Å². The Bertz CT molecular complexity index is 997. The zero-order chi connectivity index (χ0) is 21.2. The third-order valence-electron chi connectivity index (χ3n) is 4.90. The molecular formula is C20H23ClFN3O3S. The number of sulfonamides is 1. The Kier molecular flexibility index (Phi) is 6.45. The van der Waals surface area contributed by atoms with E-state index in [1.807, 2.05) is 19.0 Å². The van der Waals surface area contributed by atoms with Crippen LogP contribution in [-0.4, -0.2) is 45.8 Å². The minimum Gasteiger partial charge on any atom is -0.375 e. The molecule has 3 rings (SSSR count). The van der Waals surface area contributed by atoms with Crippen LogP contribution in [0.4, 0.5) is 15.8 Å². The summed E-state index contributed by atoms with van der Waals surface area (Å²) in [5.41, 5.74) is 1.26. The lowest BCUT2D eigenvalue weighted by molar-refractivity contribution is -0.120. The van der Waals surface area contributed by atoms with Gasteiger partial charge in [0.15, 0.2) is 0 Å². The molecule has 1 atom stereocenters. The van der Waals surface area contributed by atoms with Gasteiger partial charge in [-0.25, -0.2) is 12.8 Å². The summed E-state index contributed by atoms with van der Waals surface area (Å²) < 4.78 is 40.1. The number of benzene rings is 2. The fraction of sp³-hybridized carbons (Fsp3) is 0.350. The van der Waals surface area contributed by atoms with Crippen LogP contribution < -0.4 is 10.2 Å². The van der Waals surface area contributed by atoms with E-state index in [9.17, 15) is 17.6 Å². The summed E-state index contributed by atoms with van der Waals surface area (Å²) in [5.74, 6) is -1.25. The van der Waals surface area contributed by atoms with Crippen LogP contribution in [0.1, 0.15) is 12.8 Å². The van der Waals surface area contributed by atoms with Crippen LogP contribution >= 0.6 is 11.6 Å². The highest BCUT2D eigenvalue weighted by atomic mass is 35.5. The van der Waals surface area contributed by atoms with Gasteiger partial charge in [-0.2, -0.15) is 4.31 Å². The molecule has 0 radical (unpaired) electrons. The standard InChI is InChI=1S/C20H23ClFN3O3S/c1-24(2)19-17(21)6-3-7-18(19)23-20(26)14-5-4-12-25(13-14)29(27,28)16-10-8-15(22)9-11-16/h3,6-11,14H,4-5,12-13H2,1-2H3,(H,23,26). The van der Waals surface area contributed by atoms with E-state index in [-0.39, 0.29) is 17.3 Å². The topological polar surface area (TPSA) is 69.7 Å². The van der Waals surface area contributed by atoms with Crippen LogP contribution in [0.2, 0.25) is 5.02 Å². The van der Waals surface area contributed by atoms with Crippen LogP contribution in [0.15, 0.2) is 47.4 Å². The molecule has 156 valence electrons. The maximum atomic E-state index is 13.1. The summed E-state index contributed by atoms with van der Waals surface area (Å²) >= 11 is 6.25. The monoisotopic (exact) mass is 439 g/mol. The first-order chi connectivity index (χ1) is 13.7. The van der Waals surface area contributed by atoms with Crippen molar-refractivity contribution in [3.8, 4) is 0 Å². The predicted octanol–water partition coefficient (Wildman–Crippen LogP) is 3.58. The van der Waals surface area contributed by atoms with Crippen molar-refractivity contribution in [1.82, 2.24) is 4.31 Å². The second-order valence-corrected chi connectivity index (χ2v) is 9.52. The molecule has 0 aromatic heterocycles. The maximum absolute atomic E-state index is 13.1. The van der Waals surface area contributed by atoms with Gasteiger partial charge in [0.1, 0.15) is 5.82 Å². The van der Waals surface area contributed by atoms with Gasteiger partial charge in [0.2, 0.25) is 15.9 Å². The van der Waals surface area contributed by atoms with E-state index in [4.69, 9.17) is 11.6 Å². The third-order valence-corrected chi connectivity index (χ3v) is 7.08. The SMILES string of the molecule is CN(C)c1c(Cl)cccc1NC(=O)C1CCCN(S(=O)(=O)c2ccc(F)cc2)C1. The van der Waals surface area contributed by atoms with Crippen LogP contribution in [0, 0.1) is 11.7 Å². The number of carbonyl (C=O) groups excluding carboxylic acids is 1. The Labute approximate surface area is 175 Å². The number of para-hydroxylation sites is 1. The molecule has 0 aliphatic carbocycles. The van der Waals surface area contributed by atoms with Gasteiger partial charge in [0, 0.05) is 27.2 Å². The van der Waals surface area contributed by atoms with E-state index in [1.165, 1.54) is 16.4 Å². The van der Waals surface area contributed by atoms with Gasteiger partial charge in [-0.1, -0.05) is 17.7 Å². The smallest absolute Gasteiger partial charge is 0.243 e. The Morgan fingerprint density at radius 2 is 1.90 bits per heavy atom. The molecule has 0 bridgehead atoms. The van der Waals surface area contributed by atoms with Gasteiger partial charge >= 0.3 is 0 Å². The Hall–Kier alpha value is -2.16. The van der Waals surface area contributed by atoms with E-state index in [0.717, 1.165) is 12.1 Å². The van der Waals surface area contributed by atoms with Gasteiger partial charge < -0.3 is 10.2 Å². The molecule has 9 heteroatoms. The van der Waals surface area contributed by atoms with E-state index in [0.29, 0.717) is 35.8 Å². The summed E-state index contributed by atoms with van der Waals surface area (Å²) in [7, 11) is -0.133. The lowest BCUT2D eigenvalue weighted by Crippen LogP contribution is -2.43. The Morgan fingerprint density at radius 3 is 2.55 bits per heavy atom. The zero-order valence-electron chi connectivity index (χ0n) is 16.2. The molecular weight excluding hydrogens is 417 g/mol. The quantitative estimate of drug-likeness (QED) is 0.773. The van der Waals surface area contributed by atoms with Crippen molar-refractivity contribution < 1.29 is 17.6 Å². The molecule has 0 saturated carbocycles. The summed E-state index contributed by atoms with van der Waals surface area (Å²) in [4.78, 5) is 14.7. The Balaban J connectivity index is 1.77. The number of carbonyl (C=O) groups is 1. The van der Waals surface area contributed by atoms with Crippen LogP contribution in [0.5, 0.6) is 0 Å². The zero-order valence-corrected chi connectivity index (χ0v) is 17.8. The number of nitrogens with one attached hydrogen (secondary N) is 1. The molecule has 2 aromatic carbocycles. The first-order valence-electron chi connectivity index (χ1n) is 9.22. The summed E-state index contributed by atoms with van der Waals surface area (Å²) in [6.07, 6.45) is 1.15. The van der Waals surface area contributed by atoms with Crippen molar-refractivity contribution in [1.29, 1.82) is 0 Å². The normalized spacial score (nSPS) is 17.7. The van der Waals surface area contributed by atoms with Crippen molar-refractivity contribution in [2.24, 2.45) is 5.92 Å². The summed E-state index contributed by atoms with van der Waals surface area (Å²) in [5, 5.41) is 3.40. The highest BCUT2D eigenvalue weighted by Crippen LogP contribution is 2.33. The molecule has 1 N–H and O–H groups in total. The number of rotatable bonds is 5. The van der Waals surface area contributed by atoms with Crippen LogP contribution in [-0.2, 0) is 14.8 Å². The summed E-state index contributed by atoms with van der Waals surface area (Å²) in [6, 6.07) is 9.95. The number of piperidine rings is 1. The fourth-order valence-corrected chi connectivity index (χ4v) is 5.30. The first kappa shape index (κ1) is 21.5. The molecule has 1 amide bonds. The molecule has 1 saturated heterocycles. The van der Waals surface area contributed by atoms with E-state index in [2.05, 4.69) is 5.32 Å². The van der Waals surface area contributed by atoms with Crippen molar-refractivity contribution >= 4 is 38.9 Å². The highest BCUT2D eigenvalue weighted by molar-refractivity contribution is 7.89. The number of amides is 1. The Morgan fingerprint density at radius 1 is 1.21 bits per heavy atom. The molecule has 1 unspecified atom stereocenters. The average molecular weight is 440 g/mol. The minimum atomic E-state index is -3.79. The van der Waals surface area contributed by atoms with Gasteiger partial charge in [-0.05, 0) is 49.2 Å². The second kappa shape index (κ2) is 8.69. The van der Waals surface area contributed by atoms with Crippen molar-refractivity contribution in [3.05, 3.63) is 53.3 Å². The largest absolute Gasteiger partial charge is 0.375 e. The minimum absolute atomic E-state index is 0.0182. The van der Waals surface area contributed by atoms with E-state index in [1.54, 1.807) is 18.2 Å². The molecule has 2 aromatic rings. The van der Waals surface area contributed by atoms with Crippen molar-refractivity contribution in [3.63, 3.8) is 0 Å². The average Bonchev–Trinajstić information content (AvgIpc) is 2.68. The van der Waals surface area contributed by atoms with Crippen molar-refractivity contribution in [2.45, 2.75) is 17.7 Å². The predicted molar refractivity (Wildman–Crippen MR) is 112 cm³/mol. The first-order valence-corrected chi connectivity index (χ1v) is 11.0. The molecule has 6 nitrogen and oxygen atoms in total. The van der Waals surface area contributed by atoms with Crippen molar-refractivity contribution in [2.75, 3.05) is 37.4 Å². The summed E-state index contributed by atoms with van der Waals surface area (Å²) in [6.45, 7) is 0.396. The van der Waals surface area contributed by atoms with Gasteiger partial charge in [0.05, 0.1) is 27.2 Å². The molecule has 29 heavy (non-hydrogen) atoms. The van der Waals surface area contributed by atoms with E-state index >= 15 is 0 Å². The number of hydrogen-bond acceptors (Lipinski definition) is 4. The number of nitrogens with zero attached hydrogens (tertiary/aromatic N) is 2. The fourth-order valence-electron chi connectivity index (χ4n) is 3.44. The highest BCUT2D eigenvalue weighted by Gasteiger charge is 2.33. The molecule has 1 aliphatic heterocycles. The van der Waals surface area contributed by atoms with E-state index < -0.39 is 21.8 Å². The van der Waals surface area contributed by atoms with Crippen LogP contribution in [0.25, 0.3) is 0 Å².